The largest absolute Gasteiger partial charge is 0.477 e. The third-order valence-corrected chi connectivity index (χ3v) is 7.90. The highest BCUT2D eigenvalue weighted by atomic mass is 32.2. The average Bonchev–Trinajstić information content (AvgIpc) is 2.83. The van der Waals surface area contributed by atoms with Gasteiger partial charge in [0.05, 0.1) is 17.3 Å². The standard InChI is InChI=1S/C23H18N4O5S2/c28-16(10-12-6-2-1-3-7-12)25-17-20(30)27-18(22(31)32)15(11-33-21(17)27)34-23-24-14-9-5-4-8-13(14)19(29)26-23/h1-9,17,21H,10-11H2,(H,25,28)(H,31,32)(H,24,26,29)/t17?,21-/m1/s1. The van der Waals surface area contributed by atoms with Gasteiger partial charge in [-0.25, -0.2) is 9.78 Å². The second-order valence-electron chi connectivity index (χ2n) is 7.68. The third-order valence-electron chi connectivity index (χ3n) is 5.47. The molecule has 34 heavy (non-hydrogen) atoms. The Labute approximate surface area is 201 Å². The molecule has 0 radical (unpaired) electrons. The number of H-pyrrole nitrogens is 1. The molecule has 172 valence electrons. The maximum atomic E-state index is 12.8. The first-order valence-corrected chi connectivity index (χ1v) is 12.2. The smallest absolute Gasteiger partial charge is 0.353 e. The van der Waals surface area contributed by atoms with E-state index in [0.717, 1.165) is 17.3 Å². The maximum absolute atomic E-state index is 12.8. The normalized spacial score (nSPS) is 19.5. The molecule has 1 saturated heterocycles. The number of aromatic amines is 1. The van der Waals surface area contributed by atoms with Gasteiger partial charge in [0.1, 0.15) is 17.1 Å². The lowest BCUT2D eigenvalue weighted by Gasteiger charge is -2.49. The van der Waals surface area contributed by atoms with E-state index in [0.29, 0.717) is 21.6 Å². The molecule has 0 saturated carbocycles. The van der Waals surface area contributed by atoms with Crippen LogP contribution in [0.5, 0.6) is 0 Å². The molecule has 2 aliphatic heterocycles. The summed E-state index contributed by atoms with van der Waals surface area (Å²) in [5, 5.41) is 12.8. The minimum atomic E-state index is -1.25. The number of hydrogen-bond donors (Lipinski definition) is 3. The Morgan fingerprint density at radius 2 is 1.88 bits per heavy atom. The molecule has 9 nitrogen and oxygen atoms in total. The van der Waals surface area contributed by atoms with Gasteiger partial charge in [-0.1, -0.05) is 54.2 Å². The highest BCUT2D eigenvalue weighted by molar-refractivity contribution is 8.06. The number of carbonyl (C=O) groups is 3. The molecule has 3 aromatic rings. The van der Waals surface area contributed by atoms with Crippen molar-refractivity contribution in [3.8, 4) is 0 Å². The lowest BCUT2D eigenvalue weighted by molar-refractivity contribution is -0.150. The summed E-state index contributed by atoms with van der Waals surface area (Å²) in [6.07, 6.45) is 0.131. The van der Waals surface area contributed by atoms with Crippen molar-refractivity contribution in [3.63, 3.8) is 0 Å². The van der Waals surface area contributed by atoms with E-state index < -0.39 is 23.3 Å². The van der Waals surface area contributed by atoms with Crippen molar-refractivity contribution >= 4 is 52.2 Å². The zero-order valence-electron chi connectivity index (χ0n) is 17.6. The van der Waals surface area contributed by atoms with Crippen molar-refractivity contribution in [2.75, 3.05) is 5.75 Å². The zero-order chi connectivity index (χ0) is 23.8. The minimum Gasteiger partial charge on any atom is -0.477 e. The van der Waals surface area contributed by atoms with Crippen molar-refractivity contribution < 1.29 is 19.5 Å². The van der Waals surface area contributed by atoms with Crippen molar-refractivity contribution in [2.24, 2.45) is 0 Å². The van der Waals surface area contributed by atoms with E-state index in [-0.39, 0.29) is 28.7 Å². The lowest BCUT2D eigenvalue weighted by atomic mass is 10.0. The second kappa shape index (κ2) is 8.99. The Hall–Kier alpha value is -3.57. The fraction of sp³-hybridized carbons (Fsp3) is 0.174. The number of fused-ring (bicyclic) bond motifs is 2. The molecule has 11 heteroatoms. The van der Waals surface area contributed by atoms with Crippen LogP contribution in [0.3, 0.4) is 0 Å². The van der Waals surface area contributed by atoms with Crippen molar-refractivity contribution in [2.45, 2.75) is 23.0 Å². The van der Waals surface area contributed by atoms with Gasteiger partial charge in [0.15, 0.2) is 5.16 Å². The number of carboxylic acids is 1. The molecule has 2 atom stereocenters. The Morgan fingerprint density at radius 3 is 2.65 bits per heavy atom. The van der Waals surface area contributed by atoms with Gasteiger partial charge < -0.3 is 15.4 Å². The highest BCUT2D eigenvalue weighted by Crippen LogP contribution is 2.44. The summed E-state index contributed by atoms with van der Waals surface area (Å²) < 4.78 is 0. The van der Waals surface area contributed by atoms with Crippen molar-refractivity contribution in [3.05, 3.63) is 81.1 Å². The second-order valence-corrected chi connectivity index (χ2v) is 9.87. The number of β-lactam (4-membered cyclic amide) rings is 1. The van der Waals surface area contributed by atoms with E-state index in [2.05, 4.69) is 15.3 Å². The molecular formula is C23H18N4O5S2. The molecule has 1 fully saturated rings. The van der Waals surface area contributed by atoms with E-state index in [4.69, 9.17) is 0 Å². The van der Waals surface area contributed by atoms with Gasteiger partial charge in [0, 0.05) is 10.7 Å². The first kappa shape index (κ1) is 22.2. The molecule has 2 aromatic carbocycles. The van der Waals surface area contributed by atoms with Crippen LogP contribution in [0.4, 0.5) is 0 Å². The van der Waals surface area contributed by atoms with Crippen molar-refractivity contribution in [1.29, 1.82) is 0 Å². The Bertz CT molecular complexity index is 1410. The van der Waals surface area contributed by atoms with E-state index in [9.17, 15) is 24.3 Å². The predicted molar refractivity (Wildman–Crippen MR) is 128 cm³/mol. The quantitative estimate of drug-likeness (QED) is 0.350. The summed E-state index contributed by atoms with van der Waals surface area (Å²) in [5.74, 6) is -1.74. The van der Waals surface area contributed by atoms with Crippen LogP contribution < -0.4 is 10.9 Å². The molecule has 2 aliphatic rings. The molecule has 3 N–H and O–H groups in total. The maximum Gasteiger partial charge on any atom is 0.353 e. The Balaban J connectivity index is 1.35. The van der Waals surface area contributed by atoms with Gasteiger partial charge in [-0.2, -0.15) is 0 Å². The van der Waals surface area contributed by atoms with Crippen LogP contribution in [-0.2, 0) is 20.8 Å². The first-order chi connectivity index (χ1) is 16.4. The number of aliphatic carboxylic acids is 1. The predicted octanol–water partition coefficient (Wildman–Crippen LogP) is 1.95. The number of hydrogen-bond acceptors (Lipinski definition) is 7. The summed E-state index contributed by atoms with van der Waals surface area (Å²) in [7, 11) is 0. The highest BCUT2D eigenvalue weighted by Gasteiger charge is 2.54. The van der Waals surface area contributed by atoms with Gasteiger partial charge in [-0.3, -0.25) is 19.3 Å². The molecule has 5 rings (SSSR count). The van der Waals surface area contributed by atoms with E-state index in [1.165, 1.54) is 16.7 Å². The zero-order valence-corrected chi connectivity index (χ0v) is 19.2. The van der Waals surface area contributed by atoms with Crippen LogP contribution in [0, 0.1) is 0 Å². The fourth-order valence-electron chi connectivity index (χ4n) is 3.90. The van der Waals surface area contributed by atoms with Crippen LogP contribution >= 0.6 is 23.5 Å². The number of nitrogens with zero attached hydrogens (tertiary/aromatic N) is 2. The number of aromatic nitrogens is 2. The number of carbonyl (C=O) groups excluding carboxylic acids is 2. The number of thioether (sulfide) groups is 2. The monoisotopic (exact) mass is 494 g/mol. The summed E-state index contributed by atoms with van der Waals surface area (Å²) in [5.41, 5.74) is 0.839. The van der Waals surface area contributed by atoms with Gasteiger partial charge in [0.25, 0.3) is 11.5 Å². The summed E-state index contributed by atoms with van der Waals surface area (Å²) >= 11 is 2.38. The summed E-state index contributed by atoms with van der Waals surface area (Å²) in [6.45, 7) is 0. The number of carboxylic acid groups (broad SMARTS) is 1. The van der Waals surface area contributed by atoms with E-state index >= 15 is 0 Å². The summed E-state index contributed by atoms with van der Waals surface area (Å²) in [6, 6.07) is 15.2. The SMILES string of the molecule is O=C(Cc1ccccc1)NC1C(=O)N2C(C(=O)O)=C(Sc3nc4ccccc4c(=O)[nH]3)CS[C@H]12. The minimum absolute atomic E-state index is 0.131. The molecule has 0 spiro atoms. The third kappa shape index (κ3) is 4.08. The van der Waals surface area contributed by atoms with Crippen LogP contribution in [0.15, 0.2) is 75.2 Å². The molecule has 1 aromatic heterocycles. The van der Waals surface area contributed by atoms with Gasteiger partial charge in [-0.05, 0) is 17.7 Å². The lowest BCUT2D eigenvalue weighted by Crippen LogP contribution is -2.70. The van der Waals surface area contributed by atoms with E-state index in [1.54, 1.807) is 24.3 Å². The van der Waals surface area contributed by atoms with Crippen LogP contribution in [0.2, 0.25) is 0 Å². The van der Waals surface area contributed by atoms with Crippen LogP contribution in [-0.4, -0.2) is 54.9 Å². The van der Waals surface area contributed by atoms with Gasteiger partial charge in [0.2, 0.25) is 5.91 Å². The number of para-hydroxylation sites is 1. The fourth-order valence-corrected chi connectivity index (χ4v) is 6.34. The average molecular weight is 495 g/mol. The van der Waals surface area contributed by atoms with Gasteiger partial charge >= 0.3 is 5.97 Å². The number of amides is 2. The molecule has 3 heterocycles. The molecule has 2 amide bonds. The molecular weight excluding hydrogens is 476 g/mol. The van der Waals surface area contributed by atoms with E-state index in [1.807, 2.05) is 30.3 Å². The number of nitrogens with one attached hydrogen (secondary N) is 2. The Morgan fingerprint density at radius 1 is 1.15 bits per heavy atom. The molecule has 1 unspecified atom stereocenters. The number of benzene rings is 2. The van der Waals surface area contributed by atoms with Crippen LogP contribution in [0.1, 0.15) is 5.56 Å². The Kier molecular flexibility index (Phi) is 5.88. The van der Waals surface area contributed by atoms with Gasteiger partial charge in [-0.15, -0.1) is 11.8 Å². The first-order valence-electron chi connectivity index (χ1n) is 10.3. The molecule has 0 aliphatic carbocycles. The van der Waals surface area contributed by atoms with Crippen LogP contribution in [0.25, 0.3) is 10.9 Å². The number of rotatable bonds is 6. The van der Waals surface area contributed by atoms with Crippen molar-refractivity contribution in [1.82, 2.24) is 20.2 Å². The summed E-state index contributed by atoms with van der Waals surface area (Å²) in [4.78, 5) is 58.4. The topological polar surface area (TPSA) is 132 Å². The molecule has 0 bridgehead atoms.